The second kappa shape index (κ2) is 8.23. The Kier molecular flexibility index (Phi) is 6.04. The molecule has 1 amide bonds. The number of carbonyl (C=O) groups is 2. The Morgan fingerprint density at radius 2 is 1.93 bits per heavy atom. The summed E-state index contributed by atoms with van der Waals surface area (Å²) >= 11 is 2.04. The van der Waals surface area contributed by atoms with Crippen LogP contribution in [0.1, 0.15) is 33.5 Å². The molecule has 0 bridgehead atoms. The van der Waals surface area contributed by atoms with E-state index in [-0.39, 0.29) is 10.6 Å². The highest BCUT2D eigenvalue weighted by molar-refractivity contribution is 8.00. The fourth-order valence-corrected chi connectivity index (χ4v) is 4.90. The zero-order chi connectivity index (χ0) is 22.2. The Hall–Kier alpha value is -2.66. The Labute approximate surface area is 177 Å². The number of anilines is 1. The number of carboxylic acid groups (broad SMARTS) is 1. The van der Waals surface area contributed by atoms with Crippen molar-refractivity contribution >= 4 is 50.9 Å². The predicted octanol–water partition coefficient (Wildman–Crippen LogP) is 3.81. The van der Waals surface area contributed by atoms with Crippen molar-refractivity contribution in [2.24, 2.45) is 0 Å². The highest BCUT2D eigenvalue weighted by Gasteiger charge is 2.30. The van der Waals surface area contributed by atoms with Gasteiger partial charge < -0.3 is 15.2 Å². The number of hydrogen-bond acceptors (Lipinski definition) is 7. The molecule has 2 aromatic heterocycles. The fourth-order valence-electron chi connectivity index (χ4n) is 2.72. The normalized spacial score (nSPS) is 12.7. The number of alkyl halides is 3. The number of hydrogen-bond donors (Lipinski definition) is 1. The van der Waals surface area contributed by atoms with Crippen LogP contribution in [0.5, 0.6) is 0 Å². The number of thioether (sulfide) groups is 1. The van der Waals surface area contributed by atoms with Crippen LogP contribution in [-0.2, 0) is 11.0 Å². The van der Waals surface area contributed by atoms with Crippen molar-refractivity contribution in [1.29, 1.82) is 0 Å². The Morgan fingerprint density at radius 3 is 2.57 bits per heavy atom. The lowest BCUT2D eigenvalue weighted by Gasteiger charge is -2.14. The van der Waals surface area contributed by atoms with E-state index in [1.165, 1.54) is 12.1 Å². The summed E-state index contributed by atoms with van der Waals surface area (Å²) in [7, 11) is 0. The summed E-state index contributed by atoms with van der Waals surface area (Å²) in [5.41, 5.74) is -0.391. The number of nitrogens with one attached hydrogen (secondary N) is 1. The standard InChI is InChI=1S/C19H16F3N3O3S2/c1-8-13-16(23-10(3)24-17(13)30-14(8)18(27)28)29-9(2)15(26)25-12-6-4-5-11(7-12)19(20,21)22/h4-7,9H,1-3H3,(H,25,26)(H,27,28)/p-1/t9-/m1/s1. The minimum atomic E-state index is -4.52. The summed E-state index contributed by atoms with van der Waals surface area (Å²) in [6.07, 6.45) is -4.52. The highest BCUT2D eigenvalue weighted by Crippen LogP contribution is 2.37. The van der Waals surface area contributed by atoms with Gasteiger partial charge in [-0.1, -0.05) is 17.8 Å². The van der Waals surface area contributed by atoms with Crippen LogP contribution in [0, 0.1) is 13.8 Å². The summed E-state index contributed by atoms with van der Waals surface area (Å²) in [5, 5.41) is 14.0. The fraction of sp³-hybridized carbons (Fsp3) is 0.263. The molecule has 0 aliphatic rings. The summed E-state index contributed by atoms with van der Waals surface area (Å²) in [5.74, 6) is -1.43. The Morgan fingerprint density at radius 1 is 1.23 bits per heavy atom. The molecule has 0 spiro atoms. The van der Waals surface area contributed by atoms with Gasteiger partial charge in [-0.15, -0.1) is 11.3 Å². The Balaban J connectivity index is 1.85. The maximum absolute atomic E-state index is 12.9. The molecular formula is C19H15F3N3O3S2-. The van der Waals surface area contributed by atoms with Gasteiger partial charge in [-0.3, -0.25) is 4.79 Å². The first-order valence-electron chi connectivity index (χ1n) is 8.61. The van der Waals surface area contributed by atoms with Gasteiger partial charge in [0.25, 0.3) is 0 Å². The van der Waals surface area contributed by atoms with E-state index in [1.54, 1.807) is 20.8 Å². The van der Waals surface area contributed by atoms with Gasteiger partial charge >= 0.3 is 6.18 Å². The molecule has 30 heavy (non-hydrogen) atoms. The molecule has 0 fully saturated rings. The van der Waals surface area contributed by atoms with E-state index in [1.807, 2.05) is 0 Å². The molecule has 0 radical (unpaired) electrons. The summed E-state index contributed by atoms with van der Waals surface area (Å²) in [4.78, 5) is 32.9. The largest absolute Gasteiger partial charge is 0.544 e. The van der Waals surface area contributed by atoms with E-state index in [2.05, 4.69) is 15.3 Å². The number of carbonyl (C=O) groups excluding carboxylic acids is 2. The molecular weight excluding hydrogens is 439 g/mol. The summed E-state index contributed by atoms with van der Waals surface area (Å²) in [6, 6.07) is 4.36. The van der Waals surface area contributed by atoms with Crippen LogP contribution in [0.3, 0.4) is 0 Å². The van der Waals surface area contributed by atoms with Crippen LogP contribution in [-0.4, -0.2) is 27.1 Å². The smallest absolute Gasteiger partial charge is 0.416 e. The number of rotatable bonds is 5. The first-order chi connectivity index (χ1) is 14.0. The third kappa shape index (κ3) is 4.57. The van der Waals surface area contributed by atoms with Crippen LogP contribution in [0.2, 0.25) is 0 Å². The van der Waals surface area contributed by atoms with Gasteiger partial charge in [-0.05, 0) is 44.5 Å². The quantitative estimate of drug-likeness (QED) is 0.465. The van der Waals surface area contributed by atoms with Gasteiger partial charge in [0.05, 0.1) is 21.7 Å². The number of halogens is 3. The van der Waals surface area contributed by atoms with Crippen molar-refractivity contribution in [1.82, 2.24) is 9.97 Å². The first-order valence-corrected chi connectivity index (χ1v) is 10.3. The molecule has 0 saturated carbocycles. The number of fused-ring (bicyclic) bond motifs is 1. The number of benzene rings is 1. The third-order valence-electron chi connectivity index (χ3n) is 4.17. The zero-order valence-electron chi connectivity index (χ0n) is 16.0. The summed E-state index contributed by atoms with van der Waals surface area (Å²) in [6.45, 7) is 4.84. The topological polar surface area (TPSA) is 95.0 Å². The molecule has 1 N–H and O–H groups in total. The van der Waals surface area contributed by atoms with Crippen LogP contribution < -0.4 is 10.4 Å². The molecule has 1 atom stereocenters. The molecule has 1 aromatic carbocycles. The monoisotopic (exact) mass is 454 g/mol. The van der Waals surface area contributed by atoms with Crippen molar-refractivity contribution in [3.05, 3.63) is 46.1 Å². The molecule has 0 aliphatic heterocycles. The van der Waals surface area contributed by atoms with E-state index in [9.17, 15) is 27.9 Å². The second-order valence-electron chi connectivity index (χ2n) is 6.43. The van der Waals surface area contributed by atoms with Gasteiger partial charge in [-0.2, -0.15) is 13.2 Å². The summed E-state index contributed by atoms with van der Waals surface area (Å²) < 4.78 is 38.6. The minimum Gasteiger partial charge on any atom is -0.544 e. The molecule has 3 rings (SSSR count). The maximum Gasteiger partial charge on any atom is 0.416 e. The molecule has 0 aliphatic carbocycles. The SMILES string of the molecule is Cc1nc(S[C@H](C)C(=O)Nc2cccc(C(F)(F)F)c2)c2c(C)c(C(=O)[O-])sc2n1. The number of amides is 1. The lowest BCUT2D eigenvalue weighted by atomic mass is 10.2. The molecule has 2 heterocycles. The van der Waals surface area contributed by atoms with Crippen LogP contribution in [0.25, 0.3) is 10.2 Å². The van der Waals surface area contributed by atoms with Crippen LogP contribution in [0.15, 0.2) is 29.3 Å². The number of aromatic carboxylic acids is 1. The Bertz CT molecular complexity index is 1150. The van der Waals surface area contributed by atoms with Crippen LogP contribution in [0.4, 0.5) is 18.9 Å². The molecule has 0 saturated heterocycles. The number of aryl methyl sites for hydroxylation is 2. The van der Waals surface area contributed by atoms with Gasteiger partial charge in [0, 0.05) is 11.1 Å². The molecule has 6 nitrogen and oxygen atoms in total. The number of aromatic nitrogens is 2. The third-order valence-corrected chi connectivity index (χ3v) is 6.42. The first kappa shape index (κ1) is 22.0. The van der Waals surface area contributed by atoms with Gasteiger partial charge in [0.15, 0.2) is 0 Å². The van der Waals surface area contributed by atoms with E-state index in [0.717, 1.165) is 35.2 Å². The maximum atomic E-state index is 12.9. The lowest BCUT2D eigenvalue weighted by molar-refractivity contribution is -0.254. The molecule has 3 aromatic rings. The van der Waals surface area contributed by atoms with Gasteiger partial charge in [0.1, 0.15) is 15.7 Å². The molecule has 158 valence electrons. The number of carboxylic acids is 1. The lowest BCUT2D eigenvalue weighted by Crippen LogP contribution is -2.23. The van der Waals surface area contributed by atoms with E-state index in [0.29, 0.717) is 26.6 Å². The van der Waals surface area contributed by atoms with Crippen molar-refractivity contribution < 1.29 is 27.9 Å². The van der Waals surface area contributed by atoms with Crippen LogP contribution >= 0.6 is 23.1 Å². The number of thiophene rings is 1. The zero-order valence-corrected chi connectivity index (χ0v) is 17.6. The molecule has 0 unspecified atom stereocenters. The van der Waals surface area contributed by atoms with Crippen molar-refractivity contribution in [3.63, 3.8) is 0 Å². The second-order valence-corrected chi connectivity index (χ2v) is 8.76. The number of nitrogens with zero attached hydrogens (tertiary/aromatic N) is 2. The van der Waals surface area contributed by atoms with E-state index < -0.39 is 28.9 Å². The predicted molar refractivity (Wildman–Crippen MR) is 107 cm³/mol. The molecule has 11 heteroatoms. The van der Waals surface area contributed by atoms with Crippen molar-refractivity contribution in [2.75, 3.05) is 5.32 Å². The van der Waals surface area contributed by atoms with E-state index in [4.69, 9.17) is 0 Å². The van der Waals surface area contributed by atoms with Gasteiger partial charge in [0.2, 0.25) is 5.91 Å². The van der Waals surface area contributed by atoms with Crippen molar-refractivity contribution in [2.45, 2.75) is 37.2 Å². The van der Waals surface area contributed by atoms with Gasteiger partial charge in [-0.25, -0.2) is 9.97 Å². The van der Waals surface area contributed by atoms with E-state index >= 15 is 0 Å². The van der Waals surface area contributed by atoms with Crippen molar-refractivity contribution in [3.8, 4) is 0 Å². The average molecular weight is 454 g/mol. The minimum absolute atomic E-state index is 0.0252. The highest BCUT2D eigenvalue weighted by atomic mass is 32.2. The average Bonchev–Trinajstić information content (AvgIpc) is 2.97.